The van der Waals surface area contributed by atoms with E-state index >= 15 is 0 Å². The molecule has 0 aliphatic rings. The third kappa shape index (κ3) is 4.24. The minimum absolute atomic E-state index is 0.0984. The van der Waals surface area contributed by atoms with E-state index < -0.39 is 22.0 Å². The van der Waals surface area contributed by atoms with E-state index in [1.165, 1.54) is 0 Å². The lowest BCUT2D eigenvalue weighted by Gasteiger charge is -2.15. The molecule has 0 aliphatic carbocycles. The molecule has 0 radical (unpaired) electrons. The fourth-order valence-corrected chi connectivity index (χ4v) is 2.80. The number of thiazole rings is 1. The number of primary sulfonamides is 1. The number of nitrogens with zero attached hydrogens (tertiary/aromatic N) is 1. The predicted octanol–water partition coefficient (Wildman–Crippen LogP) is 0.702. The van der Waals surface area contributed by atoms with Crippen molar-refractivity contribution in [3.05, 3.63) is 6.20 Å². The van der Waals surface area contributed by atoms with Gasteiger partial charge in [-0.15, -0.1) is 0 Å². The zero-order valence-corrected chi connectivity index (χ0v) is 11.6. The quantitative estimate of drug-likeness (QED) is 0.709. The lowest BCUT2D eigenvalue weighted by atomic mass is 10.0. The summed E-state index contributed by atoms with van der Waals surface area (Å²) < 4.78 is 22.0. The fourth-order valence-electron chi connectivity index (χ4n) is 1.30. The van der Waals surface area contributed by atoms with Gasteiger partial charge < -0.3 is 10.4 Å². The van der Waals surface area contributed by atoms with Crippen LogP contribution >= 0.6 is 11.3 Å². The molecule has 7 nitrogen and oxygen atoms in total. The molecule has 0 unspecified atom stereocenters. The first-order chi connectivity index (χ1) is 8.20. The number of carbonyl (C=O) groups is 1. The number of carboxylic acid groups (broad SMARTS) is 1. The van der Waals surface area contributed by atoms with E-state index in [0.29, 0.717) is 6.42 Å². The van der Waals surface area contributed by atoms with Gasteiger partial charge in [-0.2, -0.15) is 0 Å². The minimum Gasteiger partial charge on any atom is -0.480 e. The monoisotopic (exact) mass is 293 g/mol. The van der Waals surface area contributed by atoms with E-state index in [9.17, 15) is 13.2 Å². The van der Waals surface area contributed by atoms with Gasteiger partial charge in [0.2, 0.25) is 10.0 Å². The van der Waals surface area contributed by atoms with Crippen molar-refractivity contribution in [1.29, 1.82) is 0 Å². The van der Waals surface area contributed by atoms with Crippen LogP contribution in [0.1, 0.15) is 20.3 Å². The Bertz CT molecular complexity index is 524. The van der Waals surface area contributed by atoms with Crippen molar-refractivity contribution in [2.45, 2.75) is 30.5 Å². The molecule has 0 saturated heterocycles. The average Bonchev–Trinajstić information content (AvgIpc) is 2.63. The van der Waals surface area contributed by atoms with Gasteiger partial charge in [-0.1, -0.05) is 25.2 Å². The molecule has 1 atom stereocenters. The maximum absolute atomic E-state index is 11.0. The molecule has 1 rings (SSSR count). The first-order valence-electron chi connectivity index (χ1n) is 5.18. The van der Waals surface area contributed by atoms with Crippen molar-refractivity contribution >= 4 is 32.5 Å². The molecule has 18 heavy (non-hydrogen) atoms. The van der Waals surface area contributed by atoms with Crippen molar-refractivity contribution < 1.29 is 18.3 Å². The van der Waals surface area contributed by atoms with Gasteiger partial charge >= 0.3 is 5.97 Å². The maximum Gasteiger partial charge on any atom is 0.326 e. The van der Waals surface area contributed by atoms with Crippen LogP contribution in [0.2, 0.25) is 0 Å². The lowest BCUT2D eigenvalue weighted by molar-refractivity contribution is -0.138. The second-order valence-corrected chi connectivity index (χ2v) is 7.01. The minimum atomic E-state index is -3.79. The highest BCUT2D eigenvalue weighted by Crippen LogP contribution is 2.23. The molecule has 1 aromatic rings. The Morgan fingerprint density at radius 1 is 1.61 bits per heavy atom. The molecular weight excluding hydrogens is 278 g/mol. The lowest BCUT2D eigenvalue weighted by Crippen LogP contribution is -2.30. The SMILES string of the molecule is CC(C)C[C@@H](Nc1ncc(S(N)(=O)=O)s1)C(=O)O. The van der Waals surface area contributed by atoms with E-state index in [-0.39, 0.29) is 15.3 Å². The van der Waals surface area contributed by atoms with Crippen molar-refractivity contribution in [2.75, 3.05) is 5.32 Å². The third-order valence-electron chi connectivity index (χ3n) is 2.07. The molecule has 0 aromatic carbocycles. The Morgan fingerprint density at radius 2 is 2.22 bits per heavy atom. The smallest absolute Gasteiger partial charge is 0.326 e. The van der Waals surface area contributed by atoms with Crippen molar-refractivity contribution in [2.24, 2.45) is 11.1 Å². The summed E-state index contributed by atoms with van der Waals surface area (Å²) in [5.41, 5.74) is 0. The largest absolute Gasteiger partial charge is 0.480 e. The van der Waals surface area contributed by atoms with Crippen LogP contribution in [0.3, 0.4) is 0 Å². The third-order valence-corrected chi connectivity index (χ3v) is 4.40. The zero-order chi connectivity index (χ0) is 13.9. The van der Waals surface area contributed by atoms with Crippen LogP contribution in [0.15, 0.2) is 10.4 Å². The average molecular weight is 293 g/mol. The highest BCUT2D eigenvalue weighted by Gasteiger charge is 2.21. The number of hydrogen-bond acceptors (Lipinski definition) is 6. The summed E-state index contributed by atoms with van der Waals surface area (Å²) in [5.74, 6) is -0.813. The van der Waals surface area contributed by atoms with Gasteiger partial charge in [0, 0.05) is 0 Å². The number of carboxylic acids is 1. The number of hydrogen-bond donors (Lipinski definition) is 3. The second-order valence-electron chi connectivity index (χ2n) is 4.19. The summed E-state index contributed by atoms with van der Waals surface area (Å²) in [4.78, 5) is 14.8. The van der Waals surface area contributed by atoms with E-state index in [2.05, 4.69) is 10.3 Å². The number of aromatic nitrogens is 1. The summed E-state index contributed by atoms with van der Waals surface area (Å²) >= 11 is 0.814. The molecular formula is C9H15N3O4S2. The Kier molecular flexibility index (Phi) is 4.65. The first kappa shape index (κ1) is 14.9. The molecule has 0 spiro atoms. The Morgan fingerprint density at radius 3 is 2.61 bits per heavy atom. The van der Waals surface area contributed by atoms with Crippen molar-refractivity contribution in [3.8, 4) is 0 Å². The zero-order valence-electron chi connectivity index (χ0n) is 9.95. The standard InChI is InChI=1S/C9H15N3O4S2/c1-5(2)3-6(8(13)14)12-9-11-4-7(17-9)18(10,15)16/h4-6H,3H2,1-2H3,(H,11,12)(H,13,14)(H2,10,15,16)/t6-/m1/s1. The molecule has 0 saturated carbocycles. The molecule has 1 heterocycles. The van der Waals surface area contributed by atoms with Gasteiger partial charge in [0.25, 0.3) is 0 Å². The van der Waals surface area contributed by atoms with Crippen LogP contribution in [0.25, 0.3) is 0 Å². The van der Waals surface area contributed by atoms with Gasteiger partial charge in [-0.3, -0.25) is 0 Å². The van der Waals surface area contributed by atoms with E-state index in [4.69, 9.17) is 10.2 Å². The van der Waals surface area contributed by atoms with Gasteiger partial charge in [0.1, 0.15) is 6.04 Å². The van der Waals surface area contributed by atoms with Gasteiger partial charge in [-0.05, 0) is 12.3 Å². The predicted molar refractivity (Wildman–Crippen MR) is 68.0 cm³/mol. The first-order valence-corrected chi connectivity index (χ1v) is 7.54. The van der Waals surface area contributed by atoms with E-state index in [1.807, 2.05) is 13.8 Å². The normalized spacial score (nSPS) is 13.6. The molecule has 102 valence electrons. The van der Waals surface area contributed by atoms with Crippen LogP contribution in [0.5, 0.6) is 0 Å². The Hall–Kier alpha value is -1.19. The fraction of sp³-hybridized carbons (Fsp3) is 0.556. The molecule has 0 amide bonds. The van der Waals surface area contributed by atoms with Crippen LogP contribution in [-0.4, -0.2) is 30.5 Å². The van der Waals surface area contributed by atoms with Crippen molar-refractivity contribution in [1.82, 2.24) is 4.98 Å². The summed E-state index contributed by atoms with van der Waals surface area (Å²) in [5, 5.41) is 16.9. The number of nitrogens with two attached hydrogens (primary N) is 1. The number of sulfonamides is 1. The Labute approximate surface area is 109 Å². The summed E-state index contributed by atoms with van der Waals surface area (Å²) in [6.45, 7) is 3.80. The van der Waals surface area contributed by atoms with Gasteiger partial charge in [-0.25, -0.2) is 23.3 Å². The molecule has 1 aromatic heterocycles. The second kappa shape index (κ2) is 5.63. The maximum atomic E-state index is 11.0. The topological polar surface area (TPSA) is 122 Å². The van der Waals surface area contributed by atoms with Gasteiger partial charge in [0.05, 0.1) is 6.20 Å². The highest BCUT2D eigenvalue weighted by molar-refractivity contribution is 7.91. The number of anilines is 1. The molecule has 4 N–H and O–H groups in total. The Balaban J connectivity index is 2.82. The van der Waals surface area contributed by atoms with Crippen LogP contribution in [-0.2, 0) is 14.8 Å². The summed E-state index contributed by atoms with van der Waals surface area (Å²) in [6, 6.07) is -0.801. The summed E-state index contributed by atoms with van der Waals surface area (Å²) in [7, 11) is -3.79. The highest BCUT2D eigenvalue weighted by atomic mass is 32.2. The molecule has 0 bridgehead atoms. The summed E-state index contributed by atoms with van der Waals surface area (Å²) in [6.07, 6.45) is 1.52. The van der Waals surface area contributed by atoms with E-state index in [0.717, 1.165) is 17.5 Å². The molecule has 9 heteroatoms. The van der Waals surface area contributed by atoms with Crippen LogP contribution < -0.4 is 10.5 Å². The number of aliphatic carboxylic acids is 1. The van der Waals surface area contributed by atoms with E-state index in [1.54, 1.807) is 0 Å². The molecule has 0 aliphatic heterocycles. The van der Waals surface area contributed by atoms with Crippen LogP contribution in [0.4, 0.5) is 5.13 Å². The number of rotatable bonds is 6. The molecule has 0 fully saturated rings. The van der Waals surface area contributed by atoms with Crippen molar-refractivity contribution in [3.63, 3.8) is 0 Å². The van der Waals surface area contributed by atoms with Gasteiger partial charge in [0.15, 0.2) is 9.34 Å². The number of nitrogens with one attached hydrogen (secondary N) is 1. The van der Waals surface area contributed by atoms with Crippen LogP contribution in [0, 0.1) is 5.92 Å².